The van der Waals surface area contributed by atoms with Crippen molar-refractivity contribution in [1.82, 2.24) is 9.78 Å². The van der Waals surface area contributed by atoms with Gasteiger partial charge >= 0.3 is 0 Å². The van der Waals surface area contributed by atoms with Crippen molar-refractivity contribution in [2.45, 2.75) is 5.25 Å². The van der Waals surface area contributed by atoms with Gasteiger partial charge in [-0.1, -0.05) is 0 Å². The van der Waals surface area contributed by atoms with Crippen molar-refractivity contribution in [3.8, 4) is 16.9 Å². The Labute approximate surface area is 219 Å². The molecule has 0 radical (unpaired) electrons. The van der Waals surface area contributed by atoms with Gasteiger partial charge in [-0.15, -0.1) is 11.8 Å². The second-order valence-electron chi connectivity index (χ2n) is 8.17. The Morgan fingerprint density at radius 1 is 0.675 bits per heavy atom. The van der Waals surface area contributed by atoms with E-state index in [1.807, 2.05) is 0 Å². The number of nitrogens with zero attached hydrogens (tertiary/aromatic N) is 2. The molecule has 208 valence electrons. The first-order valence-electron chi connectivity index (χ1n) is 10.7. The molecule has 3 aromatic carbocycles. The van der Waals surface area contributed by atoms with Crippen molar-refractivity contribution in [3.63, 3.8) is 0 Å². The normalized spacial score (nSPS) is 15.2. The van der Waals surface area contributed by atoms with Crippen LogP contribution in [0.25, 0.3) is 16.9 Å². The maximum Gasteiger partial charge on any atom is 0.235 e. The fraction of sp³-hybridized carbons (Fsp3) is 0.0833. The molecule has 4 nitrogen and oxygen atoms in total. The van der Waals surface area contributed by atoms with Crippen LogP contribution in [0.15, 0.2) is 24.3 Å². The number of halogens is 11. The Morgan fingerprint density at radius 2 is 1.15 bits per heavy atom. The molecule has 0 spiro atoms. The minimum Gasteiger partial charge on any atom is -0.310 e. The van der Waals surface area contributed by atoms with Crippen LogP contribution in [0, 0.1) is 64.0 Å². The van der Waals surface area contributed by atoms with E-state index in [0.717, 1.165) is 24.3 Å². The molecule has 16 heteroatoms. The van der Waals surface area contributed by atoms with Crippen LogP contribution in [0.3, 0.4) is 0 Å². The number of nitrogens with one attached hydrogen (secondary N) is 1. The van der Waals surface area contributed by atoms with E-state index in [4.69, 9.17) is 0 Å². The molecule has 0 saturated carbocycles. The van der Waals surface area contributed by atoms with Crippen LogP contribution in [0.4, 0.5) is 54.1 Å². The van der Waals surface area contributed by atoms with Gasteiger partial charge in [0.25, 0.3) is 0 Å². The maximum atomic E-state index is 14.9. The number of hydrogen-bond donors (Lipinski definition) is 1. The SMILES string of the molecule is O=C1CSC(c2c(F)c(F)c(F)c(F)c2F)c2c(-c3ccc(F)cc3)nn(-c3c(F)c(F)c(F)c(F)c3F)c2N1. The first-order chi connectivity index (χ1) is 18.8. The Bertz CT molecular complexity index is 1660. The highest BCUT2D eigenvalue weighted by atomic mass is 32.2. The zero-order chi connectivity index (χ0) is 29.2. The summed E-state index contributed by atoms with van der Waals surface area (Å²) < 4.78 is 157. The number of aromatic nitrogens is 2. The van der Waals surface area contributed by atoms with Gasteiger partial charge in [0, 0.05) is 16.7 Å². The summed E-state index contributed by atoms with van der Waals surface area (Å²) in [4.78, 5) is 12.5. The molecule has 1 amide bonds. The van der Waals surface area contributed by atoms with Crippen molar-refractivity contribution in [3.05, 3.63) is 99.4 Å². The van der Waals surface area contributed by atoms with Crippen molar-refractivity contribution >= 4 is 23.5 Å². The lowest BCUT2D eigenvalue weighted by atomic mass is 9.98. The van der Waals surface area contributed by atoms with Crippen molar-refractivity contribution in [1.29, 1.82) is 0 Å². The van der Waals surface area contributed by atoms with Crippen molar-refractivity contribution < 1.29 is 53.1 Å². The van der Waals surface area contributed by atoms with E-state index in [9.17, 15) is 53.1 Å². The third-order valence-electron chi connectivity index (χ3n) is 5.85. The summed E-state index contributed by atoms with van der Waals surface area (Å²) in [7, 11) is 0. The first kappa shape index (κ1) is 27.5. The van der Waals surface area contributed by atoms with E-state index >= 15 is 0 Å². The molecule has 1 aliphatic rings. The van der Waals surface area contributed by atoms with Crippen molar-refractivity contribution in [2.75, 3.05) is 11.1 Å². The molecular weight excluding hydrogens is 587 g/mol. The number of anilines is 1. The molecule has 40 heavy (non-hydrogen) atoms. The molecule has 1 atom stereocenters. The lowest BCUT2D eigenvalue weighted by molar-refractivity contribution is -0.113. The Balaban J connectivity index is 1.93. The van der Waals surface area contributed by atoms with Gasteiger partial charge in [0.2, 0.25) is 17.5 Å². The summed E-state index contributed by atoms with van der Waals surface area (Å²) in [5.74, 6) is -27.6. The number of fused-ring (bicyclic) bond motifs is 1. The molecule has 1 unspecified atom stereocenters. The van der Waals surface area contributed by atoms with Crippen LogP contribution in [0.1, 0.15) is 16.4 Å². The van der Waals surface area contributed by atoms with Gasteiger partial charge in [0.1, 0.15) is 17.3 Å². The highest BCUT2D eigenvalue weighted by molar-refractivity contribution is 8.00. The Morgan fingerprint density at radius 3 is 1.68 bits per heavy atom. The fourth-order valence-electron chi connectivity index (χ4n) is 4.05. The number of carbonyl (C=O) groups is 1. The van der Waals surface area contributed by atoms with Crippen LogP contribution in [-0.2, 0) is 4.79 Å². The van der Waals surface area contributed by atoms with E-state index in [0.29, 0.717) is 11.8 Å². The molecule has 0 bridgehead atoms. The van der Waals surface area contributed by atoms with Gasteiger partial charge < -0.3 is 5.32 Å². The largest absolute Gasteiger partial charge is 0.310 e. The fourth-order valence-corrected chi connectivity index (χ4v) is 5.20. The second-order valence-corrected chi connectivity index (χ2v) is 9.26. The number of carbonyl (C=O) groups excluding carboxylic acids is 1. The minimum absolute atomic E-state index is 0.0348. The quantitative estimate of drug-likeness (QED) is 0.160. The number of amides is 1. The van der Waals surface area contributed by atoms with E-state index in [-0.39, 0.29) is 10.2 Å². The monoisotopic (exact) mass is 595 g/mol. The van der Waals surface area contributed by atoms with E-state index in [1.165, 1.54) is 0 Å². The minimum atomic E-state index is -2.53. The summed E-state index contributed by atoms with van der Waals surface area (Å²) in [6.07, 6.45) is 0. The summed E-state index contributed by atoms with van der Waals surface area (Å²) in [6.45, 7) is 0. The van der Waals surface area contributed by atoms with Gasteiger partial charge in [-0.25, -0.2) is 53.0 Å². The highest BCUT2D eigenvalue weighted by Crippen LogP contribution is 2.49. The van der Waals surface area contributed by atoms with Gasteiger partial charge in [0.05, 0.1) is 16.7 Å². The predicted molar refractivity (Wildman–Crippen MR) is 118 cm³/mol. The molecule has 4 aromatic rings. The lowest BCUT2D eigenvalue weighted by Crippen LogP contribution is -2.18. The zero-order valence-electron chi connectivity index (χ0n) is 19.0. The van der Waals surface area contributed by atoms with Crippen LogP contribution in [0.5, 0.6) is 0 Å². The van der Waals surface area contributed by atoms with E-state index in [2.05, 4.69) is 10.4 Å². The molecular formula is C24H8F11N3OS. The summed E-state index contributed by atoms with van der Waals surface area (Å²) in [5.41, 5.74) is -4.63. The summed E-state index contributed by atoms with van der Waals surface area (Å²) in [6, 6.07) is 3.67. The van der Waals surface area contributed by atoms with Gasteiger partial charge in [-0.2, -0.15) is 5.10 Å². The zero-order valence-corrected chi connectivity index (χ0v) is 19.8. The molecule has 1 aromatic heterocycles. The summed E-state index contributed by atoms with van der Waals surface area (Å²) >= 11 is 0.306. The van der Waals surface area contributed by atoms with Gasteiger partial charge in [-0.05, 0) is 24.3 Å². The molecule has 0 saturated heterocycles. The molecule has 1 aliphatic heterocycles. The topological polar surface area (TPSA) is 46.9 Å². The third-order valence-corrected chi connectivity index (χ3v) is 7.08. The van der Waals surface area contributed by atoms with E-state index < -0.39 is 109 Å². The molecule has 5 rings (SSSR count). The second kappa shape index (κ2) is 9.83. The van der Waals surface area contributed by atoms with Crippen LogP contribution in [0.2, 0.25) is 0 Å². The molecule has 0 fully saturated rings. The lowest BCUT2D eigenvalue weighted by Gasteiger charge is -2.18. The van der Waals surface area contributed by atoms with Crippen LogP contribution < -0.4 is 5.32 Å². The Kier molecular flexibility index (Phi) is 6.76. The van der Waals surface area contributed by atoms with Gasteiger partial charge in [0.15, 0.2) is 46.5 Å². The summed E-state index contributed by atoms with van der Waals surface area (Å²) in [5, 5.41) is 3.83. The molecule has 0 aliphatic carbocycles. The highest BCUT2D eigenvalue weighted by Gasteiger charge is 2.40. The molecule has 1 N–H and O–H groups in total. The number of hydrogen-bond acceptors (Lipinski definition) is 3. The average molecular weight is 595 g/mol. The van der Waals surface area contributed by atoms with Crippen LogP contribution in [-0.4, -0.2) is 21.4 Å². The first-order valence-corrected chi connectivity index (χ1v) is 11.7. The predicted octanol–water partition coefficient (Wildman–Crippen LogP) is 6.84. The van der Waals surface area contributed by atoms with E-state index in [1.54, 1.807) is 0 Å². The average Bonchev–Trinajstić information content (AvgIpc) is 3.19. The standard InChI is InChI=1S/C24H8F11N3OS/c25-7-3-1-6(2-4-7)21-10-23(9-11(26)13(28)15(30)14(29)12(9)27)40-5-8(39)36-24(10)38(37-21)22-19(34)17(32)16(31)18(33)20(22)35/h1-4,23H,5H2,(H,36,39). The van der Waals surface area contributed by atoms with Crippen molar-refractivity contribution in [2.24, 2.45) is 0 Å². The van der Waals surface area contributed by atoms with Gasteiger partial charge in [-0.3, -0.25) is 4.79 Å². The third kappa shape index (κ3) is 4.08. The Hall–Kier alpha value is -4.08. The number of rotatable bonds is 3. The number of thioether (sulfide) groups is 1. The maximum absolute atomic E-state index is 14.9. The molecule has 2 heterocycles. The smallest absolute Gasteiger partial charge is 0.235 e. The van der Waals surface area contributed by atoms with Crippen LogP contribution >= 0.6 is 11.8 Å². The number of benzene rings is 3.